The second-order valence-electron chi connectivity index (χ2n) is 8.14. The van der Waals surface area contributed by atoms with Crippen molar-refractivity contribution >= 4 is 29.7 Å². The lowest BCUT2D eigenvalue weighted by molar-refractivity contribution is -0.146. The highest BCUT2D eigenvalue weighted by molar-refractivity contribution is 5.94. The molecule has 1 aliphatic rings. The third kappa shape index (κ3) is 8.94. The molecular formula is C20H35N5O8. The largest absolute Gasteiger partial charge is 0.481 e. The van der Waals surface area contributed by atoms with E-state index >= 15 is 0 Å². The maximum Gasteiger partial charge on any atom is 0.326 e. The number of nitrogens with one attached hydrogen (secondary N) is 2. The summed E-state index contributed by atoms with van der Waals surface area (Å²) in [6, 6.07) is -4.67. The van der Waals surface area contributed by atoms with Crippen molar-refractivity contribution in [1.82, 2.24) is 15.5 Å². The number of aliphatic hydroxyl groups excluding tert-OH is 1. The summed E-state index contributed by atoms with van der Waals surface area (Å²) >= 11 is 0. The molecule has 0 bridgehead atoms. The van der Waals surface area contributed by atoms with Gasteiger partial charge in [0.25, 0.3) is 0 Å². The maximum atomic E-state index is 13.1. The van der Waals surface area contributed by atoms with Crippen molar-refractivity contribution in [3.63, 3.8) is 0 Å². The summed E-state index contributed by atoms with van der Waals surface area (Å²) in [5.41, 5.74) is 11.3. The molecule has 5 atom stereocenters. The van der Waals surface area contributed by atoms with Gasteiger partial charge in [-0.15, -0.1) is 0 Å². The van der Waals surface area contributed by atoms with E-state index in [1.165, 1.54) is 11.8 Å². The predicted octanol–water partition coefficient (Wildman–Crippen LogP) is -2.27. The van der Waals surface area contributed by atoms with Crippen LogP contribution in [0.5, 0.6) is 0 Å². The number of carbonyl (C=O) groups is 5. The van der Waals surface area contributed by atoms with Crippen molar-refractivity contribution in [1.29, 1.82) is 0 Å². The minimum absolute atomic E-state index is 0.172. The number of carboxylic acids is 2. The summed E-state index contributed by atoms with van der Waals surface area (Å²) in [5, 5.41) is 32.8. The van der Waals surface area contributed by atoms with Gasteiger partial charge in [0.1, 0.15) is 18.1 Å². The van der Waals surface area contributed by atoms with Crippen LogP contribution in [-0.2, 0) is 24.0 Å². The number of aliphatic carboxylic acids is 2. The summed E-state index contributed by atoms with van der Waals surface area (Å²) in [7, 11) is 0. The summed E-state index contributed by atoms with van der Waals surface area (Å²) < 4.78 is 0. The first kappa shape index (κ1) is 28.3. The third-order valence-corrected chi connectivity index (χ3v) is 5.45. The fourth-order valence-electron chi connectivity index (χ4n) is 3.56. The van der Waals surface area contributed by atoms with E-state index < -0.39 is 66.4 Å². The van der Waals surface area contributed by atoms with Crippen LogP contribution in [0.3, 0.4) is 0 Å². The maximum absolute atomic E-state index is 13.1. The molecule has 1 saturated heterocycles. The van der Waals surface area contributed by atoms with Crippen LogP contribution in [0.2, 0.25) is 0 Å². The first-order valence-corrected chi connectivity index (χ1v) is 11.0. The Balaban J connectivity index is 2.85. The first-order chi connectivity index (χ1) is 15.5. The Bertz CT molecular complexity index is 717. The second-order valence-corrected chi connectivity index (χ2v) is 8.14. The molecule has 0 aromatic heterocycles. The Labute approximate surface area is 191 Å². The smallest absolute Gasteiger partial charge is 0.326 e. The van der Waals surface area contributed by atoms with Gasteiger partial charge in [0.2, 0.25) is 17.7 Å². The number of carboxylic acid groups (broad SMARTS) is 2. The number of unbranched alkanes of at least 4 members (excludes halogenated alkanes) is 1. The fraction of sp³-hybridized carbons (Fsp3) is 0.750. The molecule has 1 aliphatic heterocycles. The standard InChI is InChI=1S/C20H35N5O8/c1-11(26)16(24-17(29)12(22)5-2-3-9-21)19(31)25-10-4-6-14(25)18(30)23-13(20(32)33)7-8-15(27)28/h11-14,16,26H,2-10,21-22H2,1H3,(H,23,30)(H,24,29)(H,27,28)(H,32,33). The van der Waals surface area contributed by atoms with Crippen molar-refractivity contribution in [3.8, 4) is 0 Å². The Kier molecular flexibility index (Phi) is 11.7. The molecule has 0 spiro atoms. The molecule has 0 radical (unpaired) electrons. The molecule has 1 fully saturated rings. The molecule has 188 valence electrons. The first-order valence-electron chi connectivity index (χ1n) is 11.0. The Hall–Kier alpha value is -2.77. The van der Waals surface area contributed by atoms with Gasteiger partial charge in [0.15, 0.2) is 0 Å². The number of rotatable bonds is 14. The van der Waals surface area contributed by atoms with E-state index in [1.54, 1.807) is 0 Å². The molecule has 13 heteroatoms. The third-order valence-electron chi connectivity index (χ3n) is 5.45. The van der Waals surface area contributed by atoms with Gasteiger partial charge >= 0.3 is 11.9 Å². The van der Waals surface area contributed by atoms with Gasteiger partial charge in [-0.05, 0) is 45.6 Å². The van der Waals surface area contributed by atoms with E-state index in [4.69, 9.17) is 16.6 Å². The molecule has 5 unspecified atom stereocenters. The van der Waals surface area contributed by atoms with Crippen LogP contribution in [0.25, 0.3) is 0 Å². The van der Waals surface area contributed by atoms with Gasteiger partial charge in [0, 0.05) is 13.0 Å². The van der Waals surface area contributed by atoms with Crippen molar-refractivity contribution < 1.29 is 39.3 Å². The van der Waals surface area contributed by atoms with Crippen LogP contribution in [0.15, 0.2) is 0 Å². The van der Waals surface area contributed by atoms with Crippen LogP contribution in [0.1, 0.15) is 51.9 Å². The fourth-order valence-corrected chi connectivity index (χ4v) is 3.56. The zero-order chi connectivity index (χ0) is 25.1. The van der Waals surface area contributed by atoms with Crippen LogP contribution in [0.4, 0.5) is 0 Å². The van der Waals surface area contributed by atoms with Gasteiger partial charge in [0.05, 0.1) is 12.1 Å². The highest BCUT2D eigenvalue weighted by Crippen LogP contribution is 2.20. The molecule has 9 N–H and O–H groups in total. The lowest BCUT2D eigenvalue weighted by atomic mass is 10.1. The molecular weight excluding hydrogens is 438 g/mol. The molecule has 3 amide bonds. The zero-order valence-electron chi connectivity index (χ0n) is 18.7. The number of nitrogens with two attached hydrogens (primary N) is 2. The number of aliphatic hydroxyl groups is 1. The van der Waals surface area contributed by atoms with E-state index in [1.807, 2.05) is 0 Å². The van der Waals surface area contributed by atoms with Crippen molar-refractivity contribution in [3.05, 3.63) is 0 Å². The van der Waals surface area contributed by atoms with Gasteiger partial charge < -0.3 is 42.3 Å². The number of hydrogen-bond acceptors (Lipinski definition) is 8. The van der Waals surface area contributed by atoms with Crippen LogP contribution in [-0.4, -0.2) is 93.2 Å². The lowest BCUT2D eigenvalue weighted by Crippen LogP contribution is -2.59. The highest BCUT2D eigenvalue weighted by atomic mass is 16.4. The minimum Gasteiger partial charge on any atom is -0.481 e. The van der Waals surface area contributed by atoms with Crippen LogP contribution < -0.4 is 22.1 Å². The molecule has 0 aromatic carbocycles. The Morgan fingerprint density at radius 1 is 1.09 bits per heavy atom. The van der Waals surface area contributed by atoms with Gasteiger partial charge in [-0.2, -0.15) is 0 Å². The van der Waals surface area contributed by atoms with E-state index in [0.29, 0.717) is 32.2 Å². The van der Waals surface area contributed by atoms with Gasteiger partial charge in [-0.1, -0.05) is 6.42 Å². The van der Waals surface area contributed by atoms with Gasteiger partial charge in [-0.25, -0.2) is 4.79 Å². The molecule has 0 aromatic rings. The van der Waals surface area contributed by atoms with E-state index in [-0.39, 0.29) is 19.4 Å². The normalized spacial score (nSPS) is 19.3. The molecule has 1 heterocycles. The number of amides is 3. The Morgan fingerprint density at radius 2 is 1.76 bits per heavy atom. The van der Waals surface area contributed by atoms with E-state index in [9.17, 15) is 34.2 Å². The SMILES string of the molecule is CC(O)C(NC(=O)C(N)CCCCN)C(=O)N1CCCC1C(=O)NC(CCC(=O)O)C(=O)O. The second kappa shape index (κ2) is 13.7. The molecule has 13 nitrogen and oxygen atoms in total. The number of carbonyl (C=O) groups excluding carboxylic acids is 3. The van der Waals surface area contributed by atoms with Gasteiger partial charge in [-0.3, -0.25) is 19.2 Å². The van der Waals surface area contributed by atoms with Crippen molar-refractivity contribution in [2.24, 2.45) is 11.5 Å². The van der Waals surface area contributed by atoms with Crippen molar-refractivity contribution in [2.45, 2.75) is 82.1 Å². The molecule has 0 saturated carbocycles. The summed E-state index contributed by atoms with van der Waals surface area (Å²) in [6.07, 6.45) is 0.332. The molecule has 0 aliphatic carbocycles. The predicted molar refractivity (Wildman–Crippen MR) is 116 cm³/mol. The number of hydrogen-bond donors (Lipinski definition) is 7. The minimum atomic E-state index is -1.43. The number of likely N-dealkylation sites (tertiary alicyclic amines) is 1. The molecule has 1 rings (SSSR count). The number of nitrogens with zero attached hydrogens (tertiary/aromatic N) is 1. The summed E-state index contributed by atoms with van der Waals surface area (Å²) in [4.78, 5) is 61.4. The topological polar surface area (TPSA) is 225 Å². The zero-order valence-corrected chi connectivity index (χ0v) is 18.7. The highest BCUT2D eigenvalue weighted by Gasteiger charge is 2.40. The molecule has 33 heavy (non-hydrogen) atoms. The van der Waals surface area contributed by atoms with E-state index in [0.717, 1.165) is 0 Å². The lowest BCUT2D eigenvalue weighted by Gasteiger charge is -2.31. The average Bonchev–Trinajstić information content (AvgIpc) is 3.23. The quantitative estimate of drug-likeness (QED) is 0.134. The summed E-state index contributed by atoms with van der Waals surface area (Å²) in [6.45, 7) is 1.95. The monoisotopic (exact) mass is 473 g/mol. The summed E-state index contributed by atoms with van der Waals surface area (Å²) in [5.74, 6) is -4.65. The Morgan fingerprint density at radius 3 is 2.30 bits per heavy atom. The average molecular weight is 474 g/mol. The van der Waals surface area contributed by atoms with Crippen LogP contribution >= 0.6 is 0 Å². The van der Waals surface area contributed by atoms with Crippen molar-refractivity contribution in [2.75, 3.05) is 13.1 Å². The van der Waals surface area contributed by atoms with E-state index in [2.05, 4.69) is 10.6 Å². The van der Waals surface area contributed by atoms with Crippen LogP contribution in [0, 0.1) is 0 Å².